The van der Waals surface area contributed by atoms with Crippen molar-refractivity contribution in [2.24, 2.45) is 5.73 Å². The van der Waals surface area contributed by atoms with Crippen molar-refractivity contribution >= 4 is 24.0 Å². The first-order valence-corrected chi connectivity index (χ1v) is 4.80. The molecule has 0 fully saturated rings. The number of carbonyl (C=O) groups excluding carboxylic acids is 1. The van der Waals surface area contributed by atoms with E-state index in [0.717, 1.165) is 0 Å². The second kappa shape index (κ2) is 6.45. The zero-order chi connectivity index (χ0) is 11.4. The number of hydrogen-bond acceptors (Lipinski definition) is 2. The Bertz CT molecular complexity index is 369. The molecule has 0 heterocycles. The summed E-state index contributed by atoms with van der Waals surface area (Å²) in [5, 5.41) is 2.58. The van der Waals surface area contributed by atoms with Gasteiger partial charge in [-0.05, 0) is 31.5 Å². The molecule has 1 aromatic carbocycles. The van der Waals surface area contributed by atoms with E-state index in [0.29, 0.717) is 11.3 Å². The molecule has 3 N–H and O–H groups in total. The third-order valence-electron chi connectivity index (χ3n) is 1.96. The van der Waals surface area contributed by atoms with Crippen molar-refractivity contribution in [2.45, 2.75) is 26.3 Å². The van der Waals surface area contributed by atoms with Crippen LogP contribution in [0, 0.1) is 12.7 Å². The van der Waals surface area contributed by atoms with Gasteiger partial charge in [0.15, 0.2) is 0 Å². The fourth-order valence-electron chi connectivity index (χ4n) is 1.18. The molecule has 1 rings (SSSR count). The topological polar surface area (TPSA) is 55.1 Å². The van der Waals surface area contributed by atoms with Crippen molar-refractivity contribution in [2.75, 3.05) is 5.32 Å². The molecule has 0 saturated carbocycles. The molecule has 0 spiro atoms. The molecule has 5 heteroatoms. The Balaban J connectivity index is 0.00000225. The molecule has 0 radical (unpaired) electrons. The van der Waals surface area contributed by atoms with Gasteiger partial charge in [0.25, 0.3) is 0 Å². The van der Waals surface area contributed by atoms with E-state index >= 15 is 0 Å². The third kappa shape index (κ3) is 4.59. The molecule has 0 aliphatic carbocycles. The molecule has 0 aromatic heterocycles. The summed E-state index contributed by atoms with van der Waals surface area (Å²) in [6.07, 6.45) is 0.232. The number of rotatable bonds is 3. The number of amides is 1. The third-order valence-corrected chi connectivity index (χ3v) is 1.96. The molecule has 0 bridgehead atoms. The number of hydrogen-bond donors (Lipinski definition) is 2. The monoisotopic (exact) mass is 246 g/mol. The Kier molecular flexibility index (Phi) is 6.00. The smallest absolute Gasteiger partial charge is 0.225 e. The van der Waals surface area contributed by atoms with Gasteiger partial charge in [-0.25, -0.2) is 4.39 Å². The van der Waals surface area contributed by atoms with Gasteiger partial charge in [-0.3, -0.25) is 4.79 Å². The normalized spacial score (nSPS) is 11.5. The molecule has 90 valence electrons. The summed E-state index contributed by atoms with van der Waals surface area (Å²) < 4.78 is 13.1. The molecular weight excluding hydrogens is 231 g/mol. The van der Waals surface area contributed by atoms with E-state index in [2.05, 4.69) is 5.32 Å². The van der Waals surface area contributed by atoms with Crippen LogP contribution in [0.1, 0.15) is 18.9 Å². The summed E-state index contributed by atoms with van der Waals surface area (Å²) >= 11 is 0. The minimum absolute atomic E-state index is 0. The highest BCUT2D eigenvalue weighted by atomic mass is 35.5. The summed E-state index contributed by atoms with van der Waals surface area (Å²) in [5.74, 6) is -0.526. The number of halogens is 2. The van der Waals surface area contributed by atoms with Crippen molar-refractivity contribution in [1.29, 1.82) is 0 Å². The fraction of sp³-hybridized carbons (Fsp3) is 0.364. The van der Waals surface area contributed by atoms with Crippen LogP contribution in [0.25, 0.3) is 0 Å². The van der Waals surface area contributed by atoms with E-state index < -0.39 is 0 Å². The van der Waals surface area contributed by atoms with Crippen LogP contribution in [0.15, 0.2) is 18.2 Å². The lowest BCUT2D eigenvalue weighted by atomic mass is 10.2. The van der Waals surface area contributed by atoms with Crippen LogP contribution >= 0.6 is 12.4 Å². The van der Waals surface area contributed by atoms with Crippen molar-refractivity contribution in [3.63, 3.8) is 0 Å². The first-order chi connectivity index (χ1) is 6.99. The second-order valence-corrected chi connectivity index (χ2v) is 3.69. The van der Waals surface area contributed by atoms with Crippen LogP contribution in [0.3, 0.4) is 0 Å². The molecule has 1 amide bonds. The number of benzene rings is 1. The van der Waals surface area contributed by atoms with Crippen LogP contribution in [-0.2, 0) is 4.79 Å². The lowest BCUT2D eigenvalue weighted by molar-refractivity contribution is -0.116. The number of carbonyl (C=O) groups is 1. The summed E-state index contributed by atoms with van der Waals surface area (Å²) in [4.78, 5) is 11.3. The van der Waals surface area contributed by atoms with Crippen molar-refractivity contribution < 1.29 is 9.18 Å². The summed E-state index contributed by atoms with van der Waals surface area (Å²) in [6, 6.07) is 4.39. The van der Waals surface area contributed by atoms with Gasteiger partial charge in [0.1, 0.15) is 5.82 Å². The van der Waals surface area contributed by atoms with Gasteiger partial charge in [-0.2, -0.15) is 0 Å². The van der Waals surface area contributed by atoms with Gasteiger partial charge in [0.05, 0.1) is 0 Å². The van der Waals surface area contributed by atoms with Crippen LogP contribution in [0.2, 0.25) is 0 Å². The van der Waals surface area contributed by atoms with Gasteiger partial charge in [-0.15, -0.1) is 12.4 Å². The van der Waals surface area contributed by atoms with E-state index in [1.807, 2.05) is 0 Å². The van der Waals surface area contributed by atoms with Gasteiger partial charge < -0.3 is 11.1 Å². The Morgan fingerprint density at radius 1 is 1.56 bits per heavy atom. The molecular formula is C11H16ClFN2O. The summed E-state index contributed by atoms with van der Waals surface area (Å²) in [6.45, 7) is 3.41. The zero-order valence-electron chi connectivity index (χ0n) is 9.29. The maximum atomic E-state index is 13.1. The van der Waals surface area contributed by atoms with Crippen LogP contribution in [-0.4, -0.2) is 11.9 Å². The standard InChI is InChI=1S/C11H15FN2O.ClH/c1-7-3-4-9(6-10(7)12)14-11(15)5-8(2)13;/h3-4,6,8H,5,13H2,1-2H3,(H,14,15);1H. The molecule has 0 saturated heterocycles. The average molecular weight is 247 g/mol. The van der Waals surface area contributed by atoms with Crippen molar-refractivity contribution in [1.82, 2.24) is 0 Å². The SMILES string of the molecule is Cc1ccc(NC(=O)CC(C)N)cc1F.Cl. The van der Waals surface area contributed by atoms with Crippen LogP contribution in [0.5, 0.6) is 0 Å². The van der Waals surface area contributed by atoms with E-state index in [1.165, 1.54) is 6.07 Å². The Hall–Kier alpha value is -1.13. The quantitative estimate of drug-likeness (QED) is 0.859. The van der Waals surface area contributed by atoms with Gasteiger partial charge in [0, 0.05) is 18.2 Å². The largest absolute Gasteiger partial charge is 0.327 e. The minimum Gasteiger partial charge on any atom is -0.327 e. The zero-order valence-corrected chi connectivity index (χ0v) is 10.1. The molecule has 1 unspecified atom stereocenters. The molecule has 0 aliphatic rings. The Morgan fingerprint density at radius 2 is 2.19 bits per heavy atom. The lowest BCUT2D eigenvalue weighted by Gasteiger charge is -2.07. The van der Waals surface area contributed by atoms with E-state index in [-0.39, 0.29) is 36.6 Å². The highest BCUT2D eigenvalue weighted by Gasteiger charge is 2.06. The molecule has 0 aliphatic heterocycles. The number of anilines is 1. The number of nitrogens with one attached hydrogen (secondary N) is 1. The van der Waals surface area contributed by atoms with Crippen LogP contribution in [0.4, 0.5) is 10.1 Å². The first-order valence-electron chi connectivity index (χ1n) is 4.80. The van der Waals surface area contributed by atoms with Gasteiger partial charge in [-0.1, -0.05) is 6.07 Å². The van der Waals surface area contributed by atoms with Crippen molar-refractivity contribution in [3.8, 4) is 0 Å². The van der Waals surface area contributed by atoms with Gasteiger partial charge >= 0.3 is 0 Å². The molecule has 1 aromatic rings. The Morgan fingerprint density at radius 3 is 2.69 bits per heavy atom. The van der Waals surface area contributed by atoms with E-state index in [9.17, 15) is 9.18 Å². The number of aryl methyl sites for hydroxylation is 1. The Labute approximate surface area is 101 Å². The molecule has 16 heavy (non-hydrogen) atoms. The van der Waals surface area contributed by atoms with E-state index in [1.54, 1.807) is 26.0 Å². The summed E-state index contributed by atoms with van der Waals surface area (Å²) in [7, 11) is 0. The predicted molar refractivity (Wildman–Crippen MR) is 65.3 cm³/mol. The van der Waals surface area contributed by atoms with Crippen LogP contribution < -0.4 is 11.1 Å². The first kappa shape index (κ1) is 14.9. The maximum Gasteiger partial charge on any atom is 0.225 e. The predicted octanol–water partition coefficient (Wildman–Crippen LogP) is 2.23. The highest BCUT2D eigenvalue weighted by Crippen LogP contribution is 2.13. The maximum absolute atomic E-state index is 13.1. The van der Waals surface area contributed by atoms with Crippen molar-refractivity contribution in [3.05, 3.63) is 29.6 Å². The lowest BCUT2D eigenvalue weighted by Crippen LogP contribution is -2.24. The molecule has 1 atom stereocenters. The molecule has 3 nitrogen and oxygen atoms in total. The second-order valence-electron chi connectivity index (χ2n) is 3.69. The summed E-state index contributed by atoms with van der Waals surface area (Å²) in [5.41, 5.74) is 6.48. The number of nitrogens with two attached hydrogens (primary N) is 1. The van der Waals surface area contributed by atoms with Gasteiger partial charge in [0.2, 0.25) is 5.91 Å². The minimum atomic E-state index is -0.325. The highest BCUT2D eigenvalue weighted by molar-refractivity contribution is 5.91. The fourth-order valence-corrected chi connectivity index (χ4v) is 1.18. The van der Waals surface area contributed by atoms with E-state index in [4.69, 9.17) is 5.73 Å². The average Bonchev–Trinajstić information content (AvgIpc) is 2.10.